The lowest BCUT2D eigenvalue weighted by Gasteiger charge is -2.23. The molecule has 3 atom stereocenters. The van der Waals surface area contributed by atoms with E-state index in [1.54, 1.807) is 0 Å². The molecule has 3 unspecified atom stereocenters. The molecule has 12 nitrogen and oxygen atoms in total. The van der Waals surface area contributed by atoms with Crippen molar-refractivity contribution < 1.29 is 58.3 Å². The van der Waals surface area contributed by atoms with Gasteiger partial charge in [-0.1, -0.05) is 51.9 Å². The molecule has 0 rings (SSSR count). The number of aliphatic hydroxyl groups is 4. The quantitative estimate of drug-likeness (QED) is 0.0514. The van der Waals surface area contributed by atoms with Crippen molar-refractivity contribution in [3.05, 3.63) is 37.0 Å². The number of unbranched alkanes of at least 4 members (excludes halogenated alkanes) is 7. The maximum atomic E-state index is 9.39. The maximum absolute atomic E-state index is 9.39. The molecule has 0 saturated carbocycles. The molecule has 41 heavy (non-hydrogen) atoms. The Kier molecular flexibility index (Phi) is 31.4. The normalized spacial score (nSPS) is 14.3. The molecule has 0 aromatic heterocycles. The van der Waals surface area contributed by atoms with E-state index in [2.05, 4.69) is 6.92 Å². The van der Waals surface area contributed by atoms with E-state index in [0.29, 0.717) is 19.8 Å². The average Bonchev–Trinajstić information content (AvgIpc) is 2.98. The van der Waals surface area contributed by atoms with Gasteiger partial charge in [0.05, 0.1) is 65.0 Å². The number of aliphatic hydroxyl groups excluding tert-OH is 4. The Hall–Kier alpha value is -1.74. The highest BCUT2D eigenvalue weighted by atomic mass is 16.7. The van der Waals surface area contributed by atoms with Gasteiger partial charge in [-0.05, 0) is 24.6 Å². The number of rotatable bonds is 32. The van der Waals surface area contributed by atoms with Gasteiger partial charge in [-0.3, -0.25) is 0 Å². The van der Waals surface area contributed by atoms with Gasteiger partial charge < -0.3 is 58.3 Å². The number of ether oxygens (including phenoxy) is 8. The Morgan fingerprint density at radius 3 is 1.46 bits per heavy atom. The Labute approximate surface area is 245 Å². The number of hydrogen-bond donors (Lipinski definition) is 4. The molecule has 0 spiro atoms. The fraction of sp³-hybridized carbons (Fsp3) is 0.793. The van der Waals surface area contributed by atoms with Crippen molar-refractivity contribution >= 4 is 0 Å². The second-order valence-corrected chi connectivity index (χ2v) is 8.78. The molecule has 4 N–H and O–H groups in total. The summed E-state index contributed by atoms with van der Waals surface area (Å²) >= 11 is 0. The Morgan fingerprint density at radius 2 is 0.927 bits per heavy atom. The highest BCUT2D eigenvalue weighted by molar-refractivity contribution is 4.74. The molecule has 242 valence electrons. The minimum absolute atomic E-state index is 0.0759. The molecule has 0 aliphatic heterocycles. The van der Waals surface area contributed by atoms with Crippen LogP contribution in [0.2, 0.25) is 0 Å². The second-order valence-electron chi connectivity index (χ2n) is 8.78. The van der Waals surface area contributed by atoms with Crippen LogP contribution >= 0.6 is 0 Å². The Morgan fingerprint density at radius 1 is 0.488 bits per heavy atom. The van der Waals surface area contributed by atoms with Gasteiger partial charge in [0, 0.05) is 6.61 Å². The number of hydrogen-bond acceptors (Lipinski definition) is 12. The highest BCUT2D eigenvalue weighted by Crippen LogP contribution is 2.09. The smallest absolute Gasteiger partial charge is 0.222 e. The summed E-state index contributed by atoms with van der Waals surface area (Å²) in [6, 6.07) is 0. The van der Waals surface area contributed by atoms with Crippen LogP contribution < -0.4 is 0 Å². The molecular formula is C29H54O12. The van der Waals surface area contributed by atoms with Crippen LogP contribution in [0.15, 0.2) is 37.0 Å². The van der Waals surface area contributed by atoms with E-state index in [9.17, 15) is 5.11 Å². The first-order valence-electron chi connectivity index (χ1n) is 14.6. The van der Waals surface area contributed by atoms with Gasteiger partial charge >= 0.3 is 0 Å². The van der Waals surface area contributed by atoms with E-state index in [1.807, 2.05) is 0 Å². The van der Waals surface area contributed by atoms with Gasteiger partial charge in [-0.2, -0.15) is 0 Å². The monoisotopic (exact) mass is 594 g/mol. The lowest BCUT2D eigenvalue weighted by atomic mass is 10.1. The molecule has 0 radical (unpaired) electrons. The third kappa shape index (κ3) is 28.2. The Balaban J connectivity index is 4.31. The van der Waals surface area contributed by atoms with E-state index in [-0.39, 0.29) is 39.6 Å². The highest BCUT2D eigenvalue weighted by Gasteiger charge is 2.18. The molecule has 0 aromatic carbocycles. The van der Waals surface area contributed by atoms with Crippen LogP contribution in [0.4, 0.5) is 0 Å². The molecule has 0 aromatic rings. The first-order valence-corrected chi connectivity index (χ1v) is 14.6. The third-order valence-corrected chi connectivity index (χ3v) is 5.33. The van der Waals surface area contributed by atoms with Crippen LogP contribution in [0.1, 0.15) is 58.3 Å². The minimum atomic E-state index is -1.01. The van der Waals surface area contributed by atoms with Gasteiger partial charge in [-0.25, -0.2) is 0 Å². The van der Waals surface area contributed by atoms with Gasteiger partial charge in [0.1, 0.15) is 19.8 Å². The summed E-state index contributed by atoms with van der Waals surface area (Å²) < 4.78 is 44.0. The predicted molar refractivity (Wildman–Crippen MR) is 152 cm³/mol. The fourth-order valence-corrected chi connectivity index (χ4v) is 3.22. The van der Waals surface area contributed by atoms with Crippen LogP contribution in [-0.4, -0.2) is 112 Å². The van der Waals surface area contributed by atoms with E-state index < -0.39 is 25.5 Å². The summed E-state index contributed by atoms with van der Waals surface area (Å²) in [5.41, 5.74) is 0. The van der Waals surface area contributed by atoms with E-state index in [1.165, 1.54) is 82.0 Å². The SMILES string of the molecule is CCCCCCCCCCOCCOCCOC(COC(COC(CO)O/C=C/CO)O/C=C/CO)O/C=C/CO. The van der Waals surface area contributed by atoms with Crippen LogP contribution in [-0.2, 0) is 37.9 Å². The molecule has 0 aliphatic carbocycles. The summed E-state index contributed by atoms with van der Waals surface area (Å²) in [6.45, 7) is 3.19. The Bertz CT molecular complexity index is 602. The van der Waals surface area contributed by atoms with Gasteiger partial charge in [0.2, 0.25) is 18.9 Å². The summed E-state index contributed by atoms with van der Waals surface area (Å²) in [6.07, 6.45) is 15.2. The van der Waals surface area contributed by atoms with Crippen molar-refractivity contribution in [3.63, 3.8) is 0 Å². The van der Waals surface area contributed by atoms with Gasteiger partial charge in [0.15, 0.2) is 0 Å². The zero-order chi connectivity index (χ0) is 30.1. The van der Waals surface area contributed by atoms with E-state index in [0.717, 1.165) is 13.0 Å². The summed E-state index contributed by atoms with van der Waals surface area (Å²) in [7, 11) is 0. The molecule has 0 bridgehead atoms. The van der Waals surface area contributed by atoms with Crippen molar-refractivity contribution in [1.29, 1.82) is 0 Å². The van der Waals surface area contributed by atoms with Crippen LogP contribution in [0.25, 0.3) is 0 Å². The van der Waals surface area contributed by atoms with Crippen LogP contribution in [0, 0.1) is 0 Å². The molecule has 0 saturated heterocycles. The van der Waals surface area contributed by atoms with Crippen LogP contribution in [0.3, 0.4) is 0 Å². The molecule has 0 aliphatic rings. The molecule has 0 amide bonds. The summed E-state index contributed by atoms with van der Waals surface area (Å²) in [5.74, 6) is 0. The summed E-state index contributed by atoms with van der Waals surface area (Å²) in [4.78, 5) is 0. The van der Waals surface area contributed by atoms with Gasteiger partial charge in [-0.15, -0.1) is 0 Å². The van der Waals surface area contributed by atoms with Gasteiger partial charge in [0.25, 0.3) is 0 Å². The third-order valence-electron chi connectivity index (χ3n) is 5.33. The van der Waals surface area contributed by atoms with Crippen molar-refractivity contribution in [2.75, 3.05) is 72.7 Å². The van der Waals surface area contributed by atoms with Crippen LogP contribution in [0.5, 0.6) is 0 Å². The van der Waals surface area contributed by atoms with Crippen molar-refractivity contribution in [1.82, 2.24) is 0 Å². The topological polar surface area (TPSA) is 155 Å². The summed E-state index contributed by atoms with van der Waals surface area (Å²) in [5, 5.41) is 36.1. The minimum Gasteiger partial charge on any atom is -0.470 e. The molecule has 12 heteroatoms. The van der Waals surface area contributed by atoms with E-state index in [4.69, 9.17) is 53.2 Å². The first kappa shape index (κ1) is 39.3. The molecule has 0 heterocycles. The standard InChI is InChI=1S/C29H54O12/c1-2-3-4-5-6-7-8-9-16-34-20-21-35-22-23-39-28(37-18-11-14-31)25-41-29(38-19-12-15-32)26-40-27(24-33)36-17-10-13-30/h10-12,17-19,27-33H,2-9,13-16,20-26H2,1H3/b17-10+,18-11+,19-12+. The van der Waals surface area contributed by atoms with Crippen molar-refractivity contribution in [2.45, 2.75) is 77.2 Å². The lowest BCUT2D eigenvalue weighted by Crippen LogP contribution is -2.32. The lowest BCUT2D eigenvalue weighted by molar-refractivity contribution is -0.227. The van der Waals surface area contributed by atoms with E-state index >= 15 is 0 Å². The fourth-order valence-electron chi connectivity index (χ4n) is 3.22. The predicted octanol–water partition coefficient (Wildman–Crippen LogP) is 2.75. The zero-order valence-electron chi connectivity index (χ0n) is 24.7. The maximum Gasteiger partial charge on any atom is 0.222 e. The first-order chi connectivity index (χ1) is 20.2. The van der Waals surface area contributed by atoms with Crippen molar-refractivity contribution in [3.8, 4) is 0 Å². The largest absolute Gasteiger partial charge is 0.470 e. The molecular weight excluding hydrogens is 540 g/mol. The average molecular weight is 595 g/mol. The molecule has 0 fully saturated rings. The second kappa shape index (κ2) is 32.8. The zero-order valence-corrected chi connectivity index (χ0v) is 24.7. The van der Waals surface area contributed by atoms with Crippen molar-refractivity contribution in [2.24, 2.45) is 0 Å².